The number of nitrogens with one attached hydrogen (secondary N) is 2. The van der Waals surface area contributed by atoms with E-state index in [2.05, 4.69) is 15.6 Å². The van der Waals surface area contributed by atoms with Crippen molar-refractivity contribution in [1.29, 1.82) is 5.26 Å². The third-order valence-electron chi connectivity index (χ3n) is 5.96. The van der Waals surface area contributed by atoms with E-state index in [0.717, 1.165) is 18.2 Å². The molecule has 246 valence electrons. The number of alkyl halides is 4. The Morgan fingerprint density at radius 3 is 2.22 bits per heavy atom. The second-order valence-corrected chi connectivity index (χ2v) is 9.93. The van der Waals surface area contributed by atoms with Crippen LogP contribution in [0.25, 0.3) is 0 Å². The van der Waals surface area contributed by atoms with E-state index >= 15 is 0 Å². The fraction of sp³-hybridized carbons (Fsp3) is 0.286. The molecule has 11 heteroatoms. The molecule has 0 aliphatic carbocycles. The van der Waals surface area contributed by atoms with Gasteiger partial charge in [0.15, 0.2) is 0 Å². The predicted molar refractivity (Wildman–Crippen MR) is 176 cm³/mol. The van der Waals surface area contributed by atoms with Crippen molar-refractivity contribution in [3.8, 4) is 6.07 Å². The van der Waals surface area contributed by atoms with Gasteiger partial charge in [0.05, 0.1) is 28.3 Å². The fourth-order valence-corrected chi connectivity index (χ4v) is 4.22. The minimum atomic E-state index is -4.92. The molecule has 2 N–H and O–H groups in total. The van der Waals surface area contributed by atoms with Crippen LogP contribution in [0, 0.1) is 23.0 Å². The number of carbonyl (C=O) groups is 1. The molecule has 0 saturated carbocycles. The highest BCUT2D eigenvalue weighted by Gasteiger charge is 2.41. The normalized spacial score (nSPS) is 13.4. The summed E-state index contributed by atoms with van der Waals surface area (Å²) in [7, 11) is 0. The number of nitriles is 1. The first kappa shape index (κ1) is 39.5. The fourth-order valence-electron chi connectivity index (χ4n) is 4.17. The van der Waals surface area contributed by atoms with E-state index in [1.807, 2.05) is 33.8 Å². The molecular formula is C35H38ClF5N4O. The number of aliphatic imine (C=N–C) groups is 1. The lowest BCUT2D eigenvalue weighted by atomic mass is 9.79. The van der Waals surface area contributed by atoms with E-state index in [1.165, 1.54) is 42.6 Å². The first-order chi connectivity index (χ1) is 21.9. The minimum absolute atomic E-state index is 0.00331. The average molecular weight is 661 g/mol. The van der Waals surface area contributed by atoms with Crippen molar-refractivity contribution in [1.82, 2.24) is 5.32 Å². The van der Waals surface area contributed by atoms with Gasteiger partial charge in [-0.25, -0.2) is 13.6 Å². The molecule has 0 spiro atoms. The molecule has 0 aliphatic heterocycles. The van der Waals surface area contributed by atoms with Crippen LogP contribution in [-0.4, -0.2) is 17.6 Å². The summed E-state index contributed by atoms with van der Waals surface area (Å²) in [4.78, 5) is 17.9. The van der Waals surface area contributed by atoms with Gasteiger partial charge in [0.25, 0.3) is 0 Å². The molecule has 5 nitrogen and oxygen atoms in total. The van der Waals surface area contributed by atoms with Crippen LogP contribution >= 0.6 is 11.6 Å². The summed E-state index contributed by atoms with van der Waals surface area (Å²) in [5, 5.41) is 14.0. The molecule has 0 radical (unpaired) electrons. The minimum Gasteiger partial charge on any atom is -0.322 e. The lowest BCUT2D eigenvalue weighted by Crippen LogP contribution is -2.50. The molecule has 0 saturated heterocycles. The average Bonchev–Trinajstić information content (AvgIpc) is 3.02. The first-order valence-corrected chi connectivity index (χ1v) is 15.0. The number of hydrogen-bond acceptors (Lipinski definition) is 3. The Balaban J connectivity index is 0.00000254. The van der Waals surface area contributed by atoms with E-state index < -0.39 is 40.3 Å². The SMILES string of the molecule is C/C=C/C=C(\N=CC(C)Cl)[C@@](Cc1cccc(C#N)c1)(NC(=O)Nc1cccc(F)c1)c1cc(F)cc(C(F)(F)F)c1.CC.CC. The van der Waals surface area contributed by atoms with Crippen LogP contribution in [0.15, 0.2) is 95.6 Å². The Hall–Kier alpha value is -4.49. The van der Waals surface area contributed by atoms with E-state index in [1.54, 1.807) is 38.1 Å². The van der Waals surface area contributed by atoms with Gasteiger partial charge in [-0.1, -0.05) is 58.0 Å². The molecular weight excluding hydrogens is 623 g/mol. The highest BCUT2D eigenvalue weighted by atomic mass is 35.5. The number of rotatable bonds is 9. The van der Waals surface area contributed by atoms with Crippen LogP contribution in [0.1, 0.15) is 63.8 Å². The number of hydrogen-bond donors (Lipinski definition) is 2. The summed E-state index contributed by atoms with van der Waals surface area (Å²) in [6.07, 6.45) is 0.742. The van der Waals surface area contributed by atoms with Gasteiger partial charge in [-0.2, -0.15) is 18.4 Å². The van der Waals surface area contributed by atoms with E-state index in [4.69, 9.17) is 11.6 Å². The van der Waals surface area contributed by atoms with Gasteiger partial charge >= 0.3 is 12.2 Å². The summed E-state index contributed by atoms with van der Waals surface area (Å²) in [6, 6.07) is 14.2. The first-order valence-electron chi connectivity index (χ1n) is 14.6. The molecule has 2 amide bonds. The number of anilines is 1. The Kier molecular flexibility index (Phi) is 16.4. The van der Waals surface area contributed by atoms with Gasteiger partial charge in [-0.15, -0.1) is 11.6 Å². The zero-order chi connectivity index (χ0) is 34.9. The van der Waals surface area contributed by atoms with Crippen molar-refractivity contribution >= 4 is 29.5 Å². The topological polar surface area (TPSA) is 77.3 Å². The van der Waals surface area contributed by atoms with Gasteiger partial charge in [0.1, 0.15) is 17.2 Å². The van der Waals surface area contributed by atoms with Gasteiger partial charge < -0.3 is 10.6 Å². The van der Waals surface area contributed by atoms with Crippen molar-refractivity contribution in [2.45, 2.75) is 65.1 Å². The van der Waals surface area contributed by atoms with Crippen LogP contribution in [0.3, 0.4) is 0 Å². The van der Waals surface area contributed by atoms with Gasteiger partial charge in [-0.05, 0) is 79.6 Å². The maximum atomic E-state index is 14.9. The van der Waals surface area contributed by atoms with Crippen LogP contribution in [0.5, 0.6) is 0 Å². The van der Waals surface area contributed by atoms with Crippen LogP contribution < -0.4 is 10.6 Å². The Labute approximate surface area is 272 Å². The molecule has 0 aliphatic rings. The van der Waals surface area contributed by atoms with E-state index in [-0.39, 0.29) is 28.9 Å². The monoisotopic (exact) mass is 660 g/mol. The predicted octanol–water partition coefficient (Wildman–Crippen LogP) is 10.3. The van der Waals surface area contributed by atoms with Crippen LogP contribution in [0.4, 0.5) is 32.4 Å². The largest absolute Gasteiger partial charge is 0.416 e. The highest BCUT2D eigenvalue weighted by Crippen LogP contribution is 2.39. The van der Waals surface area contributed by atoms with Gasteiger partial charge in [0, 0.05) is 18.3 Å². The van der Waals surface area contributed by atoms with E-state index in [0.29, 0.717) is 11.6 Å². The van der Waals surface area contributed by atoms with Crippen LogP contribution in [-0.2, 0) is 18.1 Å². The van der Waals surface area contributed by atoms with Crippen molar-refractivity contribution in [2.75, 3.05) is 5.32 Å². The molecule has 0 heterocycles. The Morgan fingerprint density at radius 2 is 1.63 bits per heavy atom. The van der Waals surface area contributed by atoms with Crippen LogP contribution in [0.2, 0.25) is 0 Å². The number of amides is 2. The molecule has 0 bridgehead atoms. The number of nitrogens with zero attached hydrogens (tertiary/aromatic N) is 2. The lowest BCUT2D eigenvalue weighted by Gasteiger charge is -2.37. The third kappa shape index (κ3) is 11.8. The molecule has 3 rings (SSSR count). The summed E-state index contributed by atoms with van der Waals surface area (Å²) in [5.41, 5.74) is -2.82. The maximum Gasteiger partial charge on any atom is 0.416 e. The van der Waals surface area contributed by atoms with Gasteiger partial charge in [0.2, 0.25) is 0 Å². The summed E-state index contributed by atoms with van der Waals surface area (Å²) >= 11 is 6.12. The lowest BCUT2D eigenvalue weighted by molar-refractivity contribution is -0.137. The number of halogens is 6. The van der Waals surface area contributed by atoms with Crippen molar-refractivity contribution < 1.29 is 26.7 Å². The van der Waals surface area contributed by atoms with Crippen molar-refractivity contribution in [3.05, 3.63) is 125 Å². The molecule has 0 fully saturated rings. The van der Waals surface area contributed by atoms with Crippen molar-refractivity contribution in [2.24, 2.45) is 4.99 Å². The number of allylic oxidation sites excluding steroid dienone is 3. The molecule has 46 heavy (non-hydrogen) atoms. The zero-order valence-electron chi connectivity index (χ0n) is 26.5. The zero-order valence-corrected chi connectivity index (χ0v) is 27.3. The second kappa shape index (κ2) is 19.1. The summed E-state index contributed by atoms with van der Waals surface area (Å²) < 4.78 is 70.4. The highest BCUT2D eigenvalue weighted by molar-refractivity contribution is 6.27. The molecule has 2 atom stereocenters. The smallest absolute Gasteiger partial charge is 0.322 e. The summed E-state index contributed by atoms with van der Waals surface area (Å²) in [5.74, 6) is -1.84. The standard InChI is InChI=1S/C31H26ClF5N4O.2C2H6/c1-3-4-11-28(39-19-20(2)32)30(17-21-7-5-8-22(12-21)18-38,23-13-24(31(35,36)37)15-26(34)14-23)41-29(42)40-27-10-6-9-25(33)16-27;2*1-2/h3-16,19-20H,17H2,1-2H3,(H2,40,41,42);2*1-2H3/b4-3+,28-11-,39-19?;;/t20?,30-;;/m0../s1. The Bertz CT molecular complexity index is 1560. The molecule has 3 aromatic carbocycles. The quantitative estimate of drug-likeness (QED) is 0.104. The third-order valence-corrected chi connectivity index (χ3v) is 6.07. The Morgan fingerprint density at radius 1 is 0.978 bits per heavy atom. The molecule has 0 aromatic heterocycles. The molecule has 3 aromatic rings. The number of urea groups is 1. The second-order valence-electron chi connectivity index (χ2n) is 9.24. The van der Waals surface area contributed by atoms with Gasteiger partial charge in [-0.3, -0.25) is 4.99 Å². The van der Waals surface area contributed by atoms with Crippen molar-refractivity contribution in [3.63, 3.8) is 0 Å². The number of benzene rings is 3. The number of carbonyl (C=O) groups excluding carboxylic acids is 1. The summed E-state index contributed by atoms with van der Waals surface area (Å²) in [6.45, 7) is 11.3. The molecule has 1 unspecified atom stereocenters. The van der Waals surface area contributed by atoms with E-state index in [9.17, 15) is 32.0 Å². The maximum absolute atomic E-state index is 14.9.